The van der Waals surface area contributed by atoms with E-state index in [1.54, 1.807) is 14.1 Å². The summed E-state index contributed by atoms with van der Waals surface area (Å²) in [5.41, 5.74) is 0.793. The van der Waals surface area contributed by atoms with Gasteiger partial charge >= 0.3 is 0 Å². The van der Waals surface area contributed by atoms with E-state index in [0.29, 0.717) is 18.9 Å². The van der Waals surface area contributed by atoms with E-state index in [1.807, 2.05) is 24.3 Å². The van der Waals surface area contributed by atoms with Gasteiger partial charge in [0.05, 0.1) is 0 Å². The van der Waals surface area contributed by atoms with Crippen LogP contribution in [-0.2, 0) is 4.79 Å². The van der Waals surface area contributed by atoms with E-state index in [4.69, 9.17) is 0 Å². The molecule has 0 aliphatic rings. The molecular formula is C12H18BrIN4O. The van der Waals surface area contributed by atoms with Crippen LogP contribution >= 0.6 is 39.9 Å². The molecule has 106 valence electrons. The van der Waals surface area contributed by atoms with E-state index in [-0.39, 0.29) is 29.9 Å². The lowest BCUT2D eigenvalue weighted by atomic mass is 10.3. The van der Waals surface area contributed by atoms with Crippen molar-refractivity contribution in [2.24, 2.45) is 4.99 Å². The van der Waals surface area contributed by atoms with Crippen molar-refractivity contribution in [3.8, 4) is 0 Å². The minimum Gasteiger partial charge on any atom is -0.359 e. The quantitative estimate of drug-likeness (QED) is 0.382. The lowest BCUT2D eigenvalue weighted by molar-refractivity contribution is -0.116. The standard InChI is InChI=1S/C12H17BrN4O.HI/c1-14-12(15-2)16-8-7-11(18)17-10-5-3-9(13)4-6-10;/h3-6H,7-8H2,1-2H3,(H,17,18)(H2,14,15,16);1H. The number of halogens is 2. The highest BCUT2D eigenvalue weighted by Gasteiger charge is 2.02. The van der Waals surface area contributed by atoms with Crippen LogP contribution in [0.5, 0.6) is 0 Å². The number of aliphatic imine (C=N–C) groups is 1. The molecule has 1 rings (SSSR count). The van der Waals surface area contributed by atoms with Gasteiger partial charge in [0.25, 0.3) is 0 Å². The van der Waals surface area contributed by atoms with Gasteiger partial charge in [-0.25, -0.2) is 0 Å². The highest BCUT2D eigenvalue weighted by molar-refractivity contribution is 14.0. The third kappa shape index (κ3) is 7.36. The van der Waals surface area contributed by atoms with E-state index in [1.165, 1.54) is 0 Å². The molecule has 0 fully saturated rings. The maximum absolute atomic E-state index is 11.6. The molecule has 0 aromatic heterocycles. The Bertz CT molecular complexity index is 422. The molecule has 1 amide bonds. The molecule has 0 radical (unpaired) electrons. The number of amides is 1. The molecule has 19 heavy (non-hydrogen) atoms. The molecule has 5 nitrogen and oxygen atoms in total. The van der Waals surface area contributed by atoms with E-state index in [0.717, 1.165) is 10.2 Å². The zero-order chi connectivity index (χ0) is 13.4. The Hall–Kier alpha value is -0.830. The molecule has 0 atom stereocenters. The van der Waals surface area contributed by atoms with E-state index in [2.05, 4.69) is 36.9 Å². The summed E-state index contributed by atoms with van der Waals surface area (Å²) in [5.74, 6) is 0.642. The average Bonchev–Trinajstić information content (AvgIpc) is 2.37. The molecule has 1 aromatic rings. The monoisotopic (exact) mass is 440 g/mol. The van der Waals surface area contributed by atoms with E-state index in [9.17, 15) is 4.79 Å². The molecule has 0 saturated carbocycles. The number of nitrogens with one attached hydrogen (secondary N) is 3. The zero-order valence-electron chi connectivity index (χ0n) is 10.9. The number of carbonyl (C=O) groups excluding carboxylic acids is 1. The average molecular weight is 441 g/mol. The SMILES string of the molecule is CN=C(NC)NCCC(=O)Nc1ccc(Br)cc1.I. The minimum absolute atomic E-state index is 0. The first-order valence-corrected chi connectivity index (χ1v) is 6.39. The molecule has 3 N–H and O–H groups in total. The molecule has 0 unspecified atom stereocenters. The Morgan fingerprint density at radius 3 is 2.47 bits per heavy atom. The highest BCUT2D eigenvalue weighted by atomic mass is 127. The van der Waals surface area contributed by atoms with Gasteiger partial charge in [-0.15, -0.1) is 24.0 Å². The van der Waals surface area contributed by atoms with Crippen LogP contribution in [0.1, 0.15) is 6.42 Å². The van der Waals surface area contributed by atoms with Crippen molar-refractivity contribution in [2.75, 3.05) is 26.0 Å². The van der Waals surface area contributed by atoms with E-state index >= 15 is 0 Å². The second kappa shape index (κ2) is 10.0. The van der Waals surface area contributed by atoms with Gasteiger partial charge in [-0.3, -0.25) is 9.79 Å². The maximum Gasteiger partial charge on any atom is 0.226 e. The maximum atomic E-state index is 11.6. The van der Waals surface area contributed by atoms with Crippen molar-refractivity contribution < 1.29 is 4.79 Å². The van der Waals surface area contributed by atoms with Gasteiger partial charge in [-0.2, -0.15) is 0 Å². The summed E-state index contributed by atoms with van der Waals surface area (Å²) in [6.07, 6.45) is 0.386. The van der Waals surface area contributed by atoms with E-state index < -0.39 is 0 Å². The summed E-state index contributed by atoms with van der Waals surface area (Å²) in [6.45, 7) is 0.538. The summed E-state index contributed by atoms with van der Waals surface area (Å²) in [7, 11) is 3.46. The Balaban J connectivity index is 0.00000324. The van der Waals surface area contributed by atoms with Crippen LogP contribution in [0, 0.1) is 0 Å². The van der Waals surface area contributed by atoms with Crippen LogP contribution in [0.15, 0.2) is 33.7 Å². The van der Waals surface area contributed by atoms with Crippen LogP contribution in [0.2, 0.25) is 0 Å². The van der Waals surface area contributed by atoms with Gasteiger partial charge in [0.1, 0.15) is 0 Å². The number of rotatable bonds is 4. The number of guanidine groups is 1. The molecule has 7 heteroatoms. The number of hydrogen-bond donors (Lipinski definition) is 3. The summed E-state index contributed by atoms with van der Waals surface area (Å²) in [6, 6.07) is 7.47. The van der Waals surface area contributed by atoms with Crippen LogP contribution < -0.4 is 16.0 Å². The fourth-order valence-electron chi connectivity index (χ4n) is 1.33. The van der Waals surface area contributed by atoms with Crippen molar-refractivity contribution in [1.82, 2.24) is 10.6 Å². The Morgan fingerprint density at radius 1 is 1.32 bits per heavy atom. The summed E-state index contributed by atoms with van der Waals surface area (Å²) < 4.78 is 0.986. The minimum atomic E-state index is -0.0311. The zero-order valence-corrected chi connectivity index (χ0v) is 14.8. The van der Waals surface area contributed by atoms with Gasteiger partial charge < -0.3 is 16.0 Å². The summed E-state index contributed by atoms with van der Waals surface area (Å²) >= 11 is 3.34. The van der Waals surface area contributed by atoms with Crippen molar-refractivity contribution in [3.05, 3.63) is 28.7 Å². The predicted octanol–water partition coefficient (Wildman–Crippen LogP) is 2.19. The Labute approximate surface area is 138 Å². The normalized spacial score (nSPS) is 10.4. The molecule has 0 bridgehead atoms. The number of benzene rings is 1. The molecule has 0 heterocycles. The first kappa shape index (κ1) is 18.2. The van der Waals surface area contributed by atoms with Gasteiger partial charge in [-0.05, 0) is 24.3 Å². The lowest BCUT2D eigenvalue weighted by Gasteiger charge is -2.08. The Kier molecular flexibility index (Phi) is 9.58. The summed E-state index contributed by atoms with van der Waals surface area (Å²) in [4.78, 5) is 15.6. The Morgan fingerprint density at radius 2 is 1.95 bits per heavy atom. The lowest BCUT2D eigenvalue weighted by Crippen LogP contribution is -2.36. The highest BCUT2D eigenvalue weighted by Crippen LogP contribution is 2.13. The largest absolute Gasteiger partial charge is 0.359 e. The van der Waals surface area contributed by atoms with Gasteiger partial charge in [0.15, 0.2) is 5.96 Å². The third-order valence-electron chi connectivity index (χ3n) is 2.23. The predicted molar refractivity (Wildman–Crippen MR) is 93.2 cm³/mol. The van der Waals surface area contributed by atoms with Crippen LogP contribution in [0.25, 0.3) is 0 Å². The topological polar surface area (TPSA) is 65.5 Å². The fourth-order valence-corrected chi connectivity index (χ4v) is 1.59. The van der Waals surface area contributed by atoms with Crippen LogP contribution in [0.3, 0.4) is 0 Å². The molecule has 0 aliphatic heterocycles. The summed E-state index contributed by atoms with van der Waals surface area (Å²) in [5, 5.41) is 8.72. The van der Waals surface area contributed by atoms with Gasteiger partial charge in [0.2, 0.25) is 5.91 Å². The van der Waals surface area contributed by atoms with Crippen molar-refractivity contribution >= 4 is 57.5 Å². The molecule has 0 aliphatic carbocycles. The smallest absolute Gasteiger partial charge is 0.226 e. The molecule has 0 saturated heterocycles. The number of nitrogens with zero attached hydrogens (tertiary/aromatic N) is 1. The van der Waals surface area contributed by atoms with Crippen molar-refractivity contribution in [2.45, 2.75) is 6.42 Å². The number of hydrogen-bond acceptors (Lipinski definition) is 2. The first-order chi connectivity index (χ1) is 8.65. The van der Waals surface area contributed by atoms with Crippen molar-refractivity contribution in [3.63, 3.8) is 0 Å². The van der Waals surface area contributed by atoms with Gasteiger partial charge in [-0.1, -0.05) is 15.9 Å². The van der Waals surface area contributed by atoms with Gasteiger partial charge in [0, 0.05) is 37.2 Å². The van der Waals surface area contributed by atoms with Crippen molar-refractivity contribution in [1.29, 1.82) is 0 Å². The molecule has 1 aromatic carbocycles. The van der Waals surface area contributed by atoms with Crippen LogP contribution in [0.4, 0.5) is 5.69 Å². The fraction of sp³-hybridized carbons (Fsp3) is 0.333. The molecular weight excluding hydrogens is 423 g/mol. The number of carbonyl (C=O) groups is 1. The molecule has 0 spiro atoms. The first-order valence-electron chi connectivity index (χ1n) is 5.59. The van der Waals surface area contributed by atoms with Crippen LogP contribution in [-0.4, -0.2) is 32.5 Å². The number of anilines is 1. The second-order valence-electron chi connectivity index (χ2n) is 3.55. The second-order valence-corrected chi connectivity index (χ2v) is 4.47. The third-order valence-corrected chi connectivity index (χ3v) is 2.76.